The molecule has 0 bridgehead atoms. The molecule has 190 valence electrons. The van der Waals surface area contributed by atoms with Gasteiger partial charge in [0.15, 0.2) is 10.3 Å². The highest BCUT2D eigenvalue weighted by molar-refractivity contribution is 7.71. The third kappa shape index (κ3) is 4.15. The van der Waals surface area contributed by atoms with Gasteiger partial charge < -0.3 is 9.88 Å². The van der Waals surface area contributed by atoms with Gasteiger partial charge in [-0.3, -0.25) is 14.5 Å². The van der Waals surface area contributed by atoms with Gasteiger partial charge in [-0.05, 0) is 44.4 Å². The smallest absolute Gasteiger partial charge is 0.256 e. The molecule has 2 fully saturated rings. The van der Waals surface area contributed by atoms with E-state index in [1.54, 1.807) is 29.8 Å². The molecule has 2 unspecified atom stereocenters. The highest BCUT2D eigenvalue weighted by Gasteiger charge is 2.35. The number of imidazole rings is 1. The summed E-state index contributed by atoms with van der Waals surface area (Å²) < 4.78 is 44.6. The third-order valence-corrected chi connectivity index (χ3v) is 7.68. The van der Waals surface area contributed by atoms with Crippen molar-refractivity contribution in [3.8, 4) is 11.3 Å². The van der Waals surface area contributed by atoms with Gasteiger partial charge in [-0.1, -0.05) is 18.6 Å². The number of nitrogens with one attached hydrogen (secondary N) is 2. The zero-order chi connectivity index (χ0) is 25.0. The fourth-order valence-corrected chi connectivity index (χ4v) is 5.58. The fourth-order valence-electron chi connectivity index (χ4n) is 5.28. The molecule has 0 amide bonds. The number of anilines is 1. The van der Waals surface area contributed by atoms with Crippen molar-refractivity contribution in [2.75, 3.05) is 18.4 Å². The van der Waals surface area contributed by atoms with Crippen LogP contribution in [0.4, 0.5) is 19.1 Å². The predicted octanol–water partition coefficient (Wildman–Crippen LogP) is 4.75. The molecule has 8 nitrogen and oxygen atoms in total. The number of aromatic nitrogens is 6. The van der Waals surface area contributed by atoms with Crippen molar-refractivity contribution in [2.45, 2.75) is 63.8 Å². The molecule has 4 aromatic rings. The number of aryl methyl sites for hydroxylation is 1. The van der Waals surface area contributed by atoms with Crippen LogP contribution in [0.25, 0.3) is 27.9 Å². The molecule has 1 saturated carbocycles. The minimum Gasteiger partial charge on any atom is -0.349 e. The summed E-state index contributed by atoms with van der Waals surface area (Å²) in [4.78, 5) is 15.7. The summed E-state index contributed by atoms with van der Waals surface area (Å²) >= 11 is 5.60. The van der Waals surface area contributed by atoms with E-state index in [1.807, 2.05) is 6.07 Å². The first-order valence-corrected chi connectivity index (χ1v) is 12.7. The van der Waals surface area contributed by atoms with Crippen LogP contribution in [0.2, 0.25) is 0 Å². The number of rotatable bonds is 6. The lowest BCUT2D eigenvalue weighted by atomic mass is 9.89. The lowest BCUT2D eigenvalue weighted by Gasteiger charge is -2.43. The highest BCUT2D eigenvalue weighted by Crippen LogP contribution is 2.30. The van der Waals surface area contributed by atoms with Crippen molar-refractivity contribution in [2.24, 2.45) is 0 Å². The van der Waals surface area contributed by atoms with Crippen LogP contribution in [0.3, 0.4) is 0 Å². The molecule has 2 atom stereocenters. The van der Waals surface area contributed by atoms with Crippen LogP contribution in [-0.2, 0) is 6.54 Å². The second kappa shape index (κ2) is 9.15. The summed E-state index contributed by atoms with van der Waals surface area (Å²) in [6, 6.07) is 5.60. The lowest BCUT2D eigenvalue weighted by Crippen LogP contribution is -2.53. The van der Waals surface area contributed by atoms with Gasteiger partial charge in [0.1, 0.15) is 23.0 Å². The van der Waals surface area contributed by atoms with Gasteiger partial charge in [0.25, 0.3) is 6.43 Å². The van der Waals surface area contributed by atoms with Crippen molar-refractivity contribution in [1.82, 2.24) is 34.0 Å². The average Bonchev–Trinajstić information content (AvgIpc) is 3.35. The Hall–Kier alpha value is -2.99. The van der Waals surface area contributed by atoms with Crippen LogP contribution in [-0.4, -0.2) is 71.8 Å². The first kappa shape index (κ1) is 23.4. The van der Waals surface area contributed by atoms with Crippen molar-refractivity contribution in [1.29, 1.82) is 0 Å². The summed E-state index contributed by atoms with van der Waals surface area (Å²) in [6.07, 6.45) is 2.57. The van der Waals surface area contributed by atoms with E-state index in [2.05, 4.69) is 30.3 Å². The molecule has 2 N–H and O–H groups in total. The molecule has 0 aromatic carbocycles. The molecular weight excluding hydrogens is 489 g/mol. The number of hydrogen-bond donors (Lipinski definition) is 2. The summed E-state index contributed by atoms with van der Waals surface area (Å²) in [6.45, 7) is 2.52. The average molecular weight is 517 g/mol. The van der Waals surface area contributed by atoms with E-state index in [-0.39, 0.29) is 6.04 Å². The van der Waals surface area contributed by atoms with Gasteiger partial charge in [0, 0.05) is 30.9 Å². The minimum atomic E-state index is -2.51. The monoisotopic (exact) mass is 516 g/mol. The van der Waals surface area contributed by atoms with Gasteiger partial charge in [0.2, 0.25) is 5.95 Å². The Balaban J connectivity index is 1.27. The van der Waals surface area contributed by atoms with E-state index in [1.165, 1.54) is 23.8 Å². The number of H-pyrrole nitrogens is 1. The van der Waals surface area contributed by atoms with Gasteiger partial charge in [-0.2, -0.15) is 4.98 Å². The van der Waals surface area contributed by atoms with Crippen LogP contribution >= 0.6 is 12.2 Å². The van der Waals surface area contributed by atoms with Crippen molar-refractivity contribution in [3.05, 3.63) is 34.9 Å². The quantitative estimate of drug-likeness (QED) is 0.360. The van der Waals surface area contributed by atoms with Gasteiger partial charge in [-0.25, -0.2) is 23.1 Å². The first-order valence-electron chi connectivity index (χ1n) is 12.3. The normalized spacial score (nSPS) is 21.5. The van der Waals surface area contributed by atoms with Crippen LogP contribution in [0.1, 0.15) is 31.5 Å². The molecule has 1 aliphatic heterocycles. The van der Waals surface area contributed by atoms with Crippen LogP contribution in [0.15, 0.2) is 24.4 Å². The Morgan fingerprint density at radius 3 is 2.72 bits per heavy atom. The molecule has 0 spiro atoms. The largest absolute Gasteiger partial charge is 0.349 e. The van der Waals surface area contributed by atoms with E-state index >= 15 is 0 Å². The number of alkyl halides is 3. The number of piperidine rings is 1. The zero-order valence-electron chi connectivity index (χ0n) is 19.8. The highest BCUT2D eigenvalue weighted by atomic mass is 32.1. The standard InChI is InChI=1S/C24H27F3N8S/c1-13-28-19-6-5-17(29-22(19)34(13)12-20(26)27)15-7-10-35-21(15)23(36)31-24(32-35)30-18-8-9-33(11-16(18)25)14-3-2-4-14/h5-7,10,14,16,18,20H,2-4,8-9,11-12H2,1H3,(H2,30,31,32,36). The van der Waals surface area contributed by atoms with E-state index < -0.39 is 19.1 Å². The number of halogens is 3. The van der Waals surface area contributed by atoms with Crippen molar-refractivity contribution >= 4 is 34.8 Å². The van der Waals surface area contributed by atoms with Gasteiger partial charge in [0.05, 0.1) is 18.3 Å². The summed E-state index contributed by atoms with van der Waals surface area (Å²) in [5.74, 6) is 0.893. The second-order valence-corrected chi connectivity index (χ2v) is 10.0. The Bertz CT molecular complexity index is 1470. The molecule has 2 aliphatic rings. The Morgan fingerprint density at radius 1 is 1.17 bits per heavy atom. The number of pyridine rings is 1. The van der Waals surface area contributed by atoms with Crippen molar-refractivity contribution in [3.63, 3.8) is 0 Å². The maximum Gasteiger partial charge on any atom is 0.256 e. The molecule has 12 heteroatoms. The van der Waals surface area contributed by atoms with Crippen molar-refractivity contribution < 1.29 is 13.2 Å². The number of nitrogens with zero attached hydrogens (tertiary/aromatic N) is 6. The molecule has 5 heterocycles. The molecule has 0 radical (unpaired) electrons. The van der Waals surface area contributed by atoms with Crippen LogP contribution < -0.4 is 5.32 Å². The Labute approximate surface area is 210 Å². The maximum atomic E-state index is 14.9. The third-order valence-electron chi connectivity index (χ3n) is 7.39. The zero-order valence-corrected chi connectivity index (χ0v) is 20.6. The van der Waals surface area contributed by atoms with Gasteiger partial charge in [-0.15, -0.1) is 0 Å². The van der Waals surface area contributed by atoms with E-state index in [0.29, 0.717) is 57.8 Å². The fraction of sp³-hybridized carbons (Fsp3) is 0.500. The van der Waals surface area contributed by atoms with E-state index in [9.17, 15) is 13.2 Å². The predicted molar refractivity (Wildman–Crippen MR) is 134 cm³/mol. The molecule has 1 aliphatic carbocycles. The molecule has 6 rings (SSSR count). The van der Waals surface area contributed by atoms with Gasteiger partial charge >= 0.3 is 0 Å². The minimum absolute atomic E-state index is 0.331. The number of aromatic amines is 1. The summed E-state index contributed by atoms with van der Waals surface area (Å²) in [5, 5.41) is 6.37. The second-order valence-electron chi connectivity index (χ2n) is 9.66. The summed E-state index contributed by atoms with van der Waals surface area (Å²) in [5.41, 5.74) is 2.88. The lowest BCUT2D eigenvalue weighted by molar-refractivity contribution is 0.0552. The topological polar surface area (TPSA) is 79.1 Å². The number of fused-ring (bicyclic) bond motifs is 2. The summed E-state index contributed by atoms with van der Waals surface area (Å²) in [7, 11) is 0. The molecule has 4 aromatic heterocycles. The van der Waals surface area contributed by atoms with Crippen LogP contribution in [0, 0.1) is 11.6 Å². The SMILES string of the molecule is Cc1nc2ccc(-c3ccn4[nH]c(NC5CCN(C6CCC6)CC5F)nc(=S)c34)nc2n1CC(F)F. The molecular formula is C24H27F3N8S. The number of hydrogen-bond acceptors (Lipinski definition) is 6. The first-order chi connectivity index (χ1) is 17.4. The Kier molecular flexibility index (Phi) is 5.95. The van der Waals surface area contributed by atoms with Crippen LogP contribution in [0.5, 0.6) is 0 Å². The maximum absolute atomic E-state index is 14.9. The Morgan fingerprint density at radius 2 is 2.00 bits per heavy atom. The number of likely N-dealkylation sites (tertiary alicyclic amines) is 1. The van der Waals surface area contributed by atoms with E-state index in [0.717, 1.165) is 12.1 Å². The molecule has 36 heavy (non-hydrogen) atoms. The van der Waals surface area contributed by atoms with E-state index in [4.69, 9.17) is 12.2 Å². The molecule has 1 saturated heterocycles.